The molecule has 0 aliphatic carbocycles. The first-order chi connectivity index (χ1) is 8.96. The Balaban J connectivity index is 2.09. The molecule has 2 N–H and O–H groups in total. The van der Waals surface area contributed by atoms with E-state index in [1.165, 1.54) is 0 Å². The Hall–Kier alpha value is -1.97. The highest BCUT2D eigenvalue weighted by molar-refractivity contribution is 5.67. The van der Waals surface area contributed by atoms with E-state index in [2.05, 4.69) is 30.7 Å². The normalized spacial score (nSPS) is 11.5. The third-order valence-electron chi connectivity index (χ3n) is 2.86. The SMILES string of the molecule is CC(C)(C)CCOc1ccc(O)c(-c2c[nH]cn2)c1. The average Bonchev–Trinajstić information content (AvgIpc) is 2.83. The molecule has 1 aromatic carbocycles. The van der Waals surface area contributed by atoms with E-state index in [0.717, 1.165) is 12.2 Å². The van der Waals surface area contributed by atoms with Crippen LogP contribution in [0.3, 0.4) is 0 Å². The summed E-state index contributed by atoms with van der Waals surface area (Å²) in [5.74, 6) is 0.954. The van der Waals surface area contributed by atoms with Crippen LogP contribution in [0.1, 0.15) is 27.2 Å². The molecule has 0 spiro atoms. The first kappa shape index (κ1) is 13.5. The summed E-state index contributed by atoms with van der Waals surface area (Å²) in [4.78, 5) is 7.01. The van der Waals surface area contributed by atoms with Gasteiger partial charge >= 0.3 is 0 Å². The summed E-state index contributed by atoms with van der Waals surface area (Å²) >= 11 is 0. The second-order valence-corrected chi connectivity index (χ2v) is 5.79. The first-order valence-electron chi connectivity index (χ1n) is 6.41. The molecule has 0 radical (unpaired) electrons. The molecule has 0 atom stereocenters. The smallest absolute Gasteiger partial charge is 0.125 e. The Morgan fingerprint density at radius 1 is 1.32 bits per heavy atom. The second-order valence-electron chi connectivity index (χ2n) is 5.79. The van der Waals surface area contributed by atoms with Crippen LogP contribution < -0.4 is 4.74 Å². The number of aromatic nitrogens is 2. The van der Waals surface area contributed by atoms with Crippen LogP contribution in [-0.2, 0) is 0 Å². The number of nitrogens with zero attached hydrogens (tertiary/aromatic N) is 1. The zero-order valence-corrected chi connectivity index (χ0v) is 11.6. The average molecular weight is 260 g/mol. The highest BCUT2D eigenvalue weighted by atomic mass is 16.5. The maximum atomic E-state index is 9.85. The van der Waals surface area contributed by atoms with Crippen LogP contribution in [-0.4, -0.2) is 21.7 Å². The number of hydrogen-bond donors (Lipinski definition) is 2. The van der Waals surface area contributed by atoms with Gasteiger partial charge in [0.05, 0.1) is 18.6 Å². The molecule has 0 aliphatic heterocycles. The molecule has 0 amide bonds. The van der Waals surface area contributed by atoms with Gasteiger partial charge in [-0.15, -0.1) is 0 Å². The number of rotatable bonds is 4. The largest absolute Gasteiger partial charge is 0.507 e. The van der Waals surface area contributed by atoms with Crippen molar-refractivity contribution in [1.29, 1.82) is 0 Å². The number of nitrogens with one attached hydrogen (secondary N) is 1. The monoisotopic (exact) mass is 260 g/mol. The lowest BCUT2D eigenvalue weighted by molar-refractivity contribution is 0.243. The number of phenolic OH excluding ortho intramolecular Hbond substituents is 1. The van der Waals surface area contributed by atoms with Gasteiger partial charge in [0.1, 0.15) is 11.5 Å². The van der Waals surface area contributed by atoms with Gasteiger partial charge in [-0.3, -0.25) is 0 Å². The summed E-state index contributed by atoms with van der Waals surface area (Å²) in [6.45, 7) is 7.21. The minimum Gasteiger partial charge on any atom is -0.507 e. The van der Waals surface area contributed by atoms with Crippen molar-refractivity contribution in [2.45, 2.75) is 27.2 Å². The van der Waals surface area contributed by atoms with E-state index in [-0.39, 0.29) is 11.2 Å². The predicted octanol–water partition coefficient (Wildman–Crippen LogP) is 3.60. The fourth-order valence-electron chi connectivity index (χ4n) is 1.69. The molecule has 102 valence electrons. The Morgan fingerprint density at radius 2 is 2.11 bits per heavy atom. The number of H-pyrrole nitrogens is 1. The van der Waals surface area contributed by atoms with Crippen LogP contribution in [0.5, 0.6) is 11.5 Å². The summed E-state index contributed by atoms with van der Waals surface area (Å²) in [5, 5.41) is 9.85. The molecule has 4 nitrogen and oxygen atoms in total. The van der Waals surface area contributed by atoms with E-state index < -0.39 is 0 Å². The standard InChI is InChI=1S/C15H20N2O2/c1-15(2,3)6-7-19-11-4-5-14(18)12(8-11)13-9-16-10-17-13/h4-5,8-10,18H,6-7H2,1-3H3,(H,16,17). The van der Waals surface area contributed by atoms with E-state index in [1.807, 2.05) is 6.07 Å². The Morgan fingerprint density at radius 3 is 2.74 bits per heavy atom. The van der Waals surface area contributed by atoms with Gasteiger partial charge < -0.3 is 14.8 Å². The van der Waals surface area contributed by atoms with Crippen LogP contribution >= 0.6 is 0 Å². The number of benzene rings is 1. The molecule has 4 heteroatoms. The van der Waals surface area contributed by atoms with Crippen molar-refractivity contribution in [1.82, 2.24) is 9.97 Å². The summed E-state index contributed by atoms with van der Waals surface area (Å²) in [5.41, 5.74) is 1.63. The van der Waals surface area contributed by atoms with Gasteiger partial charge in [0.2, 0.25) is 0 Å². The molecule has 2 aromatic rings. The van der Waals surface area contributed by atoms with Gasteiger partial charge in [-0.05, 0) is 30.0 Å². The molecule has 0 fully saturated rings. The van der Waals surface area contributed by atoms with Crippen LogP contribution in [0.2, 0.25) is 0 Å². The number of aromatic hydroxyl groups is 1. The number of ether oxygens (including phenoxy) is 1. The lowest BCUT2D eigenvalue weighted by Gasteiger charge is -2.18. The molecular formula is C15H20N2O2. The first-order valence-corrected chi connectivity index (χ1v) is 6.41. The van der Waals surface area contributed by atoms with E-state index >= 15 is 0 Å². The van der Waals surface area contributed by atoms with Crippen LogP contribution in [0, 0.1) is 5.41 Å². The van der Waals surface area contributed by atoms with Crippen LogP contribution in [0.25, 0.3) is 11.3 Å². The lowest BCUT2D eigenvalue weighted by Crippen LogP contribution is -2.11. The minimum atomic E-state index is 0.204. The van der Waals surface area contributed by atoms with Crippen molar-refractivity contribution >= 4 is 0 Å². The highest BCUT2D eigenvalue weighted by Crippen LogP contribution is 2.31. The zero-order valence-electron chi connectivity index (χ0n) is 11.6. The van der Waals surface area contributed by atoms with E-state index in [1.54, 1.807) is 24.7 Å². The van der Waals surface area contributed by atoms with Crippen molar-refractivity contribution < 1.29 is 9.84 Å². The maximum Gasteiger partial charge on any atom is 0.125 e. The van der Waals surface area contributed by atoms with Gasteiger partial charge in [-0.1, -0.05) is 20.8 Å². The van der Waals surface area contributed by atoms with Crippen molar-refractivity contribution in [3.63, 3.8) is 0 Å². The molecule has 0 aliphatic rings. The fourth-order valence-corrected chi connectivity index (χ4v) is 1.69. The zero-order chi connectivity index (χ0) is 13.9. The Bertz CT molecular complexity index is 528. The summed E-state index contributed by atoms with van der Waals surface area (Å²) in [6, 6.07) is 5.22. The predicted molar refractivity (Wildman–Crippen MR) is 75.3 cm³/mol. The Labute approximate surface area is 113 Å². The molecule has 0 saturated heterocycles. The minimum absolute atomic E-state index is 0.204. The second kappa shape index (κ2) is 5.34. The van der Waals surface area contributed by atoms with Crippen molar-refractivity contribution in [3.8, 4) is 22.8 Å². The fraction of sp³-hybridized carbons (Fsp3) is 0.400. The molecule has 0 unspecified atom stereocenters. The number of hydrogen-bond acceptors (Lipinski definition) is 3. The molecule has 1 heterocycles. The summed E-state index contributed by atoms with van der Waals surface area (Å²) in [6.07, 6.45) is 4.31. The van der Waals surface area contributed by atoms with E-state index in [0.29, 0.717) is 17.9 Å². The highest BCUT2D eigenvalue weighted by Gasteiger charge is 2.11. The van der Waals surface area contributed by atoms with Crippen LogP contribution in [0.4, 0.5) is 0 Å². The number of aromatic amines is 1. The molecule has 1 aromatic heterocycles. The Kier molecular flexibility index (Phi) is 3.79. The number of imidazole rings is 1. The van der Waals surface area contributed by atoms with Crippen LogP contribution in [0.15, 0.2) is 30.7 Å². The molecule has 2 rings (SSSR count). The summed E-state index contributed by atoms with van der Waals surface area (Å²) < 4.78 is 5.73. The van der Waals surface area contributed by atoms with E-state index in [4.69, 9.17) is 4.74 Å². The molecule has 0 saturated carbocycles. The van der Waals surface area contributed by atoms with Gasteiger partial charge in [0.15, 0.2) is 0 Å². The van der Waals surface area contributed by atoms with Crippen molar-refractivity contribution in [2.75, 3.05) is 6.61 Å². The van der Waals surface area contributed by atoms with Crippen molar-refractivity contribution in [2.24, 2.45) is 5.41 Å². The molecular weight excluding hydrogens is 240 g/mol. The maximum absolute atomic E-state index is 9.85. The van der Waals surface area contributed by atoms with Gasteiger partial charge in [-0.25, -0.2) is 4.98 Å². The number of phenols is 1. The quantitative estimate of drug-likeness (QED) is 0.883. The topological polar surface area (TPSA) is 58.1 Å². The van der Waals surface area contributed by atoms with Crippen molar-refractivity contribution in [3.05, 3.63) is 30.7 Å². The van der Waals surface area contributed by atoms with Gasteiger partial charge in [-0.2, -0.15) is 0 Å². The van der Waals surface area contributed by atoms with E-state index in [9.17, 15) is 5.11 Å². The third-order valence-corrected chi connectivity index (χ3v) is 2.86. The molecule has 0 bridgehead atoms. The van der Waals surface area contributed by atoms with Gasteiger partial charge in [0.25, 0.3) is 0 Å². The lowest BCUT2D eigenvalue weighted by atomic mass is 9.93. The van der Waals surface area contributed by atoms with Gasteiger partial charge in [0, 0.05) is 11.8 Å². The third kappa shape index (κ3) is 3.74. The molecule has 19 heavy (non-hydrogen) atoms. The summed E-state index contributed by atoms with van der Waals surface area (Å²) in [7, 11) is 0.